The Morgan fingerprint density at radius 1 is 1.05 bits per heavy atom. The van der Waals surface area contributed by atoms with E-state index in [9.17, 15) is 14.9 Å². The Morgan fingerprint density at radius 2 is 1.79 bits per heavy atom. The largest absolute Gasteiger partial charge is 0.497 e. The molecule has 202 valence electrons. The predicted octanol–water partition coefficient (Wildman–Crippen LogP) is 3.46. The topological polar surface area (TPSA) is 135 Å². The van der Waals surface area contributed by atoms with Crippen molar-refractivity contribution in [1.82, 2.24) is 30.1 Å². The Balaban J connectivity index is 1.35. The van der Waals surface area contributed by atoms with Gasteiger partial charge in [0.1, 0.15) is 11.8 Å². The van der Waals surface area contributed by atoms with E-state index in [1.54, 1.807) is 19.2 Å². The number of anilines is 1. The number of aromatic nitrogens is 5. The van der Waals surface area contributed by atoms with Gasteiger partial charge in [0.25, 0.3) is 11.2 Å². The SMILES string of the molecule is COc1ccc2[nH]c(=O)c(C(c3nnnn3C3CCCC3)N3CCN(c4ccc([N+](=O)[O-])cc4)CC3)cc2c1. The predicted molar refractivity (Wildman–Crippen MR) is 145 cm³/mol. The highest BCUT2D eigenvalue weighted by Crippen LogP contribution is 2.35. The third-order valence-electron chi connectivity index (χ3n) is 7.91. The highest BCUT2D eigenvalue weighted by molar-refractivity contribution is 5.80. The molecule has 1 saturated heterocycles. The van der Waals surface area contributed by atoms with Gasteiger partial charge in [-0.05, 0) is 59.7 Å². The molecule has 1 N–H and O–H groups in total. The minimum atomic E-state index is -0.432. The Hall–Kier alpha value is -4.32. The van der Waals surface area contributed by atoms with Gasteiger partial charge < -0.3 is 14.6 Å². The zero-order chi connectivity index (χ0) is 26.9. The maximum Gasteiger partial charge on any atom is 0.269 e. The van der Waals surface area contributed by atoms with Gasteiger partial charge in [-0.25, -0.2) is 4.68 Å². The number of nitrogens with zero attached hydrogens (tertiary/aromatic N) is 7. The van der Waals surface area contributed by atoms with E-state index >= 15 is 0 Å². The van der Waals surface area contributed by atoms with Crippen LogP contribution in [0.4, 0.5) is 11.4 Å². The zero-order valence-electron chi connectivity index (χ0n) is 21.7. The lowest BCUT2D eigenvalue weighted by Gasteiger charge is -2.39. The number of nitrogens with one attached hydrogen (secondary N) is 1. The number of fused-ring (bicyclic) bond motifs is 1. The van der Waals surface area contributed by atoms with Gasteiger partial charge in [-0.2, -0.15) is 0 Å². The Labute approximate surface area is 224 Å². The van der Waals surface area contributed by atoms with Crippen molar-refractivity contribution in [3.05, 3.63) is 80.4 Å². The average molecular weight is 531 g/mol. The molecule has 2 fully saturated rings. The number of ether oxygens (including phenoxy) is 1. The first-order valence-corrected chi connectivity index (χ1v) is 13.2. The molecular weight excluding hydrogens is 500 g/mol. The molecule has 1 atom stereocenters. The molecule has 0 amide bonds. The highest BCUT2D eigenvalue weighted by atomic mass is 16.6. The van der Waals surface area contributed by atoms with Gasteiger partial charge in [0.2, 0.25) is 0 Å². The number of piperazine rings is 1. The van der Waals surface area contributed by atoms with E-state index < -0.39 is 11.0 Å². The molecule has 12 nitrogen and oxygen atoms in total. The van der Waals surface area contributed by atoms with Crippen molar-refractivity contribution in [2.45, 2.75) is 37.8 Å². The van der Waals surface area contributed by atoms with Crippen LogP contribution in [0.2, 0.25) is 0 Å². The minimum absolute atomic E-state index is 0.0726. The zero-order valence-corrected chi connectivity index (χ0v) is 21.7. The number of methoxy groups -OCH3 is 1. The van der Waals surface area contributed by atoms with Crippen LogP contribution in [0.3, 0.4) is 0 Å². The fourth-order valence-corrected chi connectivity index (χ4v) is 5.84. The number of non-ortho nitro benzene ring substituents is 1. The summed E-state index contributed by atoms with van der Waals surface area (Å²) in [4.78, 5) is 31.7. The minimum Gasteiger partial charge on any atom is -0.497 e. The number of benzene rings is 2. The molecule has 0 bridgehead atoms. The summed E-state index contributed by atoms with van der Waals surface area (Å²) < 4.78 is 7.35. The van der Waals surface area contributed by atoms with Crippen molar-refractivity contribution in [3.8, 4) is 5.75 Å². The molecule has 1 aliphatic heterocycles. The molecule has 12 heteroatoms. The lowest BCUT2D eigenvalue weighted by molar-refractivity contribution is -0.384. The Bertz CT molecular complexity index is 1540. The number of nitro groups is 1. The number of pyridine rings is 1. The fraction of sp³-hybridized carbons (Fsp3) is 0.407. The molecule has 2 aromatic carbocycles. The number of rotatable bonds is 7. The normalized spacial score (nSPS) is 17.5. The smallest absolute Gasteiger partial charge is 0.269 e. The van der Waals surface area contributed by atoms with Crippen LogP contribution in [-0.2, 0) is 0 Å². The summed E-state index contributed by atoms with van der Waals surface area (Å²) in [7, 11) is 1.62. The highest BCUT2D eigenvalue weighted by Gasteiger charge is 2.35. The molecule has 4 aromatic rings. The van der Waals surface area contributed by atoms with Crippen LogP contribution in [0.5, 0.6) is 5.75 Å². The van der Waals surface area contributed by atoms with Crippen molar-refractivity contribution in [1.29, 1.82) is 0 Å². The van der Waals surface area contributed by atoms with E-state index in [2.05, 4.69) is 30.3 Å². The van der Waals surface area contributed by atoms with Crippen molar-refractivity contribution < 1.29 is 9.66 Å². The molecule has 2 aromatic heterocycles. The summed E-state index contributed by atoms with van der Waals surface area (Å²) in [6, 6.07) is 13.9. The summed E-state index contributed by atoms with van der Waals surface area (Å²) in [5.74, 6) is 1.39. The van der Waals surface area contributed by atoms with Gasteiger partial charge >= 0.3 is 0 Å². The van der Waals surface area contributed by atoms with Crippen LogP contribution in [0.15, 0.2) is 53.3 Å². The van der Waals surface area contributed by atoms with Crippen LogP contribution >= 0.6 is 0 Å². The van der Waals surface area contributed by atoms with E-state index in [0.717, 1.165) is 42.3 Å². The van der Waals surface area contributed by atoms with Gasteiger partial charge in [-0.3, -0.25) is 19.8 Å². The number of nitro benzene ring substituents is 1. The van der Waals surface area contributed by atoms with E-state index in [-0.39, 0.29) is 17.3 Å². The number of hydrogen-bond donors (Lipinski definition) is 1. The van der Waals surface area contributed by atoms with Crippen molar-refractivity contribution >= 4 is 22.3 Å². The van der Waals surface area contributed by atoms with Gasteiger partial charge in [0.15, 0.2) is 5.82 Å². The first kappa shape index (κ1) is 25.0. The monoisotopic (exact) mass is 530 g/mol. The maximum atomic E-state index is 13.5. The fourth-order valence-electron chi connectivity index (χ4n) is 5.84. The van der Waals surface area contributed by atoms with Crippen LogP contribution in [0.1, 0.15) is 49.2 Å². The molecule has 1 saturated carbocycles. The van der Waals surface area contributed by atoms with Crippen molar-refractivity contribution in [3.63, 3.8) is 0 Å². The standard InChI is InChI=1S/C27H30N8O4/c1-39-22-10-11-24-18(16-22)17-23(27(36)28-24)25(26-29-30-31-34(26)20-4-2-3-5-20)33-14-12-32(13-15-33)19-6-8-21(9-7-19)35(37)38/h6-11,16-17,20,25H,2-5,12-15H2,1H3,(H,28,36). The lowest BCUT2D eigenvalue weighted by Crippen LogP contribution is -2.49. The molecule has 1 aliphatic carbocycles. The first-order chi connectivity index (χ1) is 19.0. The molecule has 2 aliphatic rings. The van der Waals surface area contributed by atoms with Gasteiger partial charge in [-0.1, -0.05) is 12.8 Å². The van der Waals surface area contributed by atoms with E-state index in [4.69, 9.17) is 4.74 Å². The molecule has 0 radical (unpaired) electrons. The third kappa shape index (κ3) is 4.83. The van der Waals surface area contributed by atoms with Gasteiger partial charge in [0, 0.05) is 60.5 Å². The number of aromatic amines is 1. The summed E-state index contributed by atoms with van der Waals surface area (Å²) >= 11 is 0. The van der Waals surface area contributed by atoms with E-state index in [0.29, 0.717) is 43.3 Å². The first-order valence-electron chi connectivity index (χ1n) is 13.2. The van der Waals surface area contributed by atoms with Crippen LogP contribution in [-0.4, -0.2) is 68.3 Å². The van der Waals surface area contributed by atoms with Crippen LogP contribution in [0, 0.1) is 10.1 Å². The lowest BCUT2D eigenvalue weighted by atomic mass is 10.0. The van der Waals surface area contributed by atoms with Crippen LogP contribution < -0.4 is 15.2 Å². The summed E-state index contributed by atoms with van der Waals surface area (Å²) in [5.41, 5.74) is 2.17. The summed E-state index contributed by atoms with van der Waals surface area (Å²) in [5, 5.41) is 24.8. The third-order valence-corrected chi connectivity index (χ3v) is 7.91. The Kier molecular flexibility index (Phi) is 6.69. The second-order valence-corrected chi connectivity index (χ2v) is 10.1. The molecular formula is C27H30N8O4. The second-order valence-electron chi connectivity index (χ2n) is 10.1. The summed E-state index contributed by atoms with van der Waals surface area (Å²) in [6.45, 7) is 2.71. The number of tetrazole rings is 1. The van der Waals surface area contributed by atoms with Crippen molar-refractivity contribution in [2.75, 3.05) is 38.2 Å². The van der Waals surface area contributed by atoms with E-state index in [1.165, 1.54) is 12.1 Å². The van der Waals surface area contributed by atoms with E-state index in [1.807, 2.05) is 28.9 Å². The number of hydrogen-bond acceptors (Lipinski definition) is 9. The molecule has 39 heavy (non-hydrogen) atoms. The average Bonchev–Trinajstić information content (AvgIpc) is 3.66. The summed E-state index contributed by atoms with van der Waals surface area (Å²) in [6.07, 6.45) is 4.31. The van der Waals surface area contributed by atoms with Crippen LogP contribution in [0.25, 0.3) is 10.9 Å². The molecule has 0 spiro atoms. The number of H-pyrrole nitrogens is 1. The quantitative estimate of drug-likeness (QED) is 0.281. The molecule has 3 heterocycles. The van der Waals surface area contributed by atoms with Crippen molar-refractivity contribution in [2.24, 2.45) is 0 Å². The maximum absolute atomic E-state index is 13.5. The van der Waals surface area contributed by atoms with Gasteiger partial charge in [0.05, 0.1) is 18.1 Å². The molecule has 1 unspecified atom stereocenters. The molecule has 6 rings (SSSR count). The van der Waals surface area contributed by atoms with Gasteiger partial charge in [-0.15, -0.1) is 5.10 Å². The Morgan fingerprint density at radius 3 is 2.49 bits per heavy atom. The second kappa shape index (κ2) is 10.4.